The van der Waals surface area contributed by atoms with Crippen molar-refractivity contribution in [3.05, 3.63) is 75.7 Å². The van der Waals surface area contributed by atoms with E-state index < -0.39 is 22.0 Å². The van der Waals surface area contributed by atoms with Crippen LogP contribution in [0, 0.1) is 11.8 Å². The molecule has 0 heterocycles. The third-order valence-corrected chi connectivity index (χ3v) is 4.05. The molecule has 2 aromatic carbocycles. The zero-order valence-electron chi connectivity index (χ0n) is 14.6. The molecule has 0 aliphatic carbocycles. The average Bonchev–Trinajstić information content (AvgIpc) is 2.65. The van der Waals surface area contributed by atoms with Crippen LogP contribution in [0.15, 0.2) is 53.6 Å². The van der Waals surface area contributed by atoms with Crippen molar-refractivity contribution in [2.75, 3.05) is 13.4 Å². The van der Waals surface area contributed by atoms with E-state index in [9.17, 15) is 13.2 Å². The van der Waals surface area contributed by atoms with Crippen molar-refractivity contribution in [2.45, 2.75) is 6.04 Å². The Labute approximate surface area is 156 Å². The third kappa shape index (κ3) is 5.87. The number of azide groups is 1. The summed E-state index contributed by atoms with van der Waals surface area (Å²) in [7, 11) is -2.28. The van der Waals surface area contributed by atoms with E-state index >= 15 is 0 Å². The highest BCUT2D eigenvalue weighted by molar-refractivity contribution is 7.88. The zero-order chi connectivity index (χ0) is 19.9. The van der Waals surface area contributed by atoms with Gasteiger partial charge < -0.3 is 4.74 Å². The monoisotopic (exact) mass is 384 g/mol. The van der Waals surface area contributed by atoms with E-state index in [1.807, 2.05) is 0 Å². The topological polar surface area (TPSA) is 121 Å². The smallest absolute Gasteiger partial charge is 0.337 e. The van der Waals surface area contributed by atoms with Crippen LogP contribution in [-0.2, 0) is 14.8 Å². The molecule has 0 spiro atoms. The summed E-state index contributed by atoms with van der Waals surface area (Å²) in [6, 6.07) is 12.3. The minimum Gasteiger partial charge on any atom is -0.465 e. The SMILES string of the molecule is COC(=O)c1ccc(N=[N+]=[N-])c(C#CC(NS(C)(=O)=O)c2ccccc2)c1. The number of ether oxygens (including phenoxy) is 1. The van der Waals surface area contributed by atoms with Crippen molar-refractivity contribution < 1.29 is 17.9 Å². The lowest BCUT2D eigenvalue weighted by Gasteiger charge is -2.11. The molecule has 0 bridgehead atoms. The number of benzene rings is 2. The number of methoxy groups -OCH3 is 1. The van der Waals surface area contributed by atoms with Crippen LogP contribution in [-0.4, -0.2) is 27.8 Å². The Bertz CT molecular complexity index is 1050. The fourth-order valence-corrected chi connectivity index (χ4v) is 2.83. The number of rotatable bonds is 5. The van der Waals surface area contributed by atoms with Crippen molar-refractivity contribution in [1.29, 1.82) is 0 Å². The van der Waals surface area contributed by atoms with Crippen LogP contribution in [0.2, 0.25) is 0 Å². The van der Waals surface area contributed by atoms with Gasteiger partial charge in [0, 0.05) is 10.5 Å². The van der Waals surface area contributed by atoms with E-state index in [1.165, 1.54) is 25.3 Å². The predicted molar refractivity (Wildman–Crippen MR) is 101 cm³/mol. The number of hydrogen-bond donors (Lipinski definition) is 1. The first-order valence-electron chi connectivity index (χ1n) is 7.65. The van der Waals surface area contributed by atoms with Gasteiger partial charge in [-0.1, -0.05) is 53.4 Å². The molecule has 8 nitrogen and oxygen atoms in total. The highest BCUT2D eigenvalue weighted by atomic mass is 32.2. The molecule has 1 N–H and O–H groups in total. The lowest BCUT2D eigenvalue weighted by Crippen LogP contribution is -2.26. The fourth-order valence-electron chi connectivity index (χ4n) is 2.21. The molecule has 2 aromatic rings. The Morgan fingerprint density at radius 2 is 1.96 bits per heavy atom. The van der Waals surface area contributed by atoms with Crippen molar-refractivity contribution in [3.8, 4) is 11.8 Å². The molecule has 0 saturated carbocycles. The molecule has 0 amide bonds. The van der Waals surface area contributed by atoms with E-state index in [4.69, 9.17) is 5.53 Å². The van der Waals surface area contributed by atoms with Crippen LogP contribution in [0.1, 0.15) is 27.5 Å². The van der Waals surface area contributed by atoms with Gasteiger partial charge >= 0.3 is 5.97 Å². The number of sulfonamides is 1. The van der Waals surface area contributed by atoms with Crippen LogP contribution in [0.3, 0.4) is 0 Å². The maximum absolute atomic E-state index is 11.7. The van der Waals surface area contributed by atoms with Crippen molar-refractivity contribution in [3.63, 3.8) is 0 Å². The zero-order valence-corrected chi connectivity index (χ0v) is 15.4. The number of carbonyl (C=O) groups excluding carboxylic acids is 1. The van der Waals surface area contributed by atoms with Crippen molar-refractivity contribution in [2.24, 2.45) is 5.11 Å². The minimum absolute atomic E-state index is 0.212. The molecule has 9 heteroatoms. The van der Waals surface area contributed by atoms with Gasteiger partial charge in [-0.15, -0.1) is 0 Å². The van der Waals surface area contributed by atoms with Crippen LogP contribution in [0.4, 0.5) is 5.69 Å². The van der Waals surface area contributed by atoms with Crippen LogP contribution >= 0.6 is 0 Å². The first-order valence-corrected chi connectivity index (χ1v) is 9.54. The molecule has 27 heavy (non-hydrogen) atoms. The first kappa shape index (κ1) is 20.0. The molecule has 0 aliphatic heterocycles. The Balaban J connectivity index is 2.53. The molecule has 2 rings (SSSR count). The van der Waals surface area contributed by atoms with E-state index in [2.05, 4.69) is 31.3 Å². The number of nitrogens with one attached hydrogen (secondary N) is 1. The summed E-state index contributed by atoms with van der Waals surface area (Å²) >= 11 is 0. The lowest BCUT2D eigenvalue weighted by atomic mass is 10.1. The molecular formula is C18H16N4O4S. The van der Waals surface area contributed by atoms with E-state index in [-0.39, 0.29) is 16.8 Å². The molecule has 0 radical (unpaired) electrons. The van der Waals surface area contributed by atoms with E-state index in [0.29, 0.717) is 5.56 Å². The Kier molecular flexibility index (Phi) is 6.57. The maximum Gasteiger partial charge on any atom is 0.337 e. The van der Waals surface area contributed by atoms with Crippen LogP contribution in [0.25, 0.3) is 10.4 Å². The first-order chi connectivity index (χ1) is 12.8. The molecule has 0 saturated heterocycles. The van der Waals surface area contributed by atoms with Gasteiger partial charge in [0.2, 0.25) is 10.0 Å². The Morgan fingerprint density at radius 1 is 1.26 bits per heavy atom. The number of nitrogens with zero attached hydrogens (tertiary/aromatic N) is 3. The number of esters is 1. The second-order valence-corrected chi connectivity index (χ2v) is 7.20. The summed E-state index contributed by atoms with van der Waals surface area (Å²) in [6.45, 7) is 0. The summed E-state index contributed by atoms with van der Waals surface area (Å²) in [5.74, 6) is 5.04. The van der Waals surface area contributed by atoms with Gasteiger partial charge in [-0.2, -0.15) is 4.72 Å². The van der Waals surface area contributed by atoms with Gasteiger partial charge in [0.1, 0.15) is 6.04 Å². The van der Waals surface area contributed by atoms with Gasteiger partial charge in [0.05, 0.1) is 24.6 Å². The number of carbonyl (C=O) groups is 1. The van der Waals surface area contributed by atoms with E-state index in [1.54, 1.807) is 30.3 Å². The maximum atomic E-state index is 11.7. The summed E-state index contributed by atoms with van der Waals surface area (Å²) in [6.07, 6.45) is 1.04. The van der Waals surface area contributed by atoms with Crippen molar-refractivity contribution in [1.82, 2.24) is 4.72 Å². The van der Waals surface area contributed by atoms with E-state index in [0.717, 1.165) is 6.26 Å². The fraction of sp³-hybridized carbons (Fsp3) is 0.167. The molecule has 138 valence electrons. The standard InChI is InChI=1S/C18H16N4O4S/c1-26-18(23)15-9-10-16(20-22-19)14(12-15)8-11-17(21-27(2,24)25)13-6-4-3-5-7-13/h3-7,9-10,12,17,21H,1-2H3. The third-order valence-electron chi connectivity index (χ3n) is 3.39. The highest BCUT2D eigenvalue weighted by Crippen LogP contribution is 2.21. The summed E-state index contributed by atoms with van der Waals surface area (Å²) < 4.78 is 30.5. The molecule has 0 aromatic heterocycles. The second kappa shape index (κ2) is 8.87. The second-order valence-electron chi connectivity index (χ2n) is 5.42. The largest absolute Gasteiger partial charge is 0.465 e. The molecule has 0 fully saturated rings. The summed E-state index contributed by atoms with van der Waals surface area (Å²) in [5.41, 5.74) is 10.1. The van der Waals surface area contributed by atoms with Crippen molar-refractivity contribution >= 4 is 21.7 Å². The predicted octanol–water partition coefficient (Wildman–Crippen LogP) is 3.06. The average molecular weight is 384 g/mol. The minimum atomic E-state index is -3.53. The highest BCUT2D eigenvalue weighted by Gasteiger charge is 2.14. The Morgan fingerprint density at radius 3 is 2.56 bits per heavy atom. The summed E-state index contributed by atoms with van der Waals surface area (Å²) in [4.78, 5) is 14.5. The summed E-state index contributed by atoms with van der Waals surface area (Å²) in [5, 5.41) is 3.55. The normalized spacial score (nSPS) is 11.5. The number of hydrogen-bond acceptors (Lipinski definition) is 5. The van der Waals surface area contributed by atoms with Gasteiger partial charge in [0.25, 0.3) is 0 Å². The quantitative estimate of drug-likeness (QED) is 0.280. The van der Waals surface area contributed by atoms with Gasteiger partial charge in [-0.3, -0.25) is 0 Å². The Hall–Kier alpha value is -3.31. The molecule has 1 atom stereocenters. The van der Waals surface area contributed by atoms with Gasteiger partial charge in [0.15, 0.2) is 0 Å². The van der Waals surface area contributed by atoms with Crippen LogP contribution in [0.5, 0.6) is 0 Å². The molecule has 0 aliphatic rings. The van der Waals surface area contributed by atoms with Gasteiger partial charge in [-0.05, 0) is 23.2 Å². The molecule has 1 unspecified atom stereocenters. The molecular weight excluding hydrogens is 368 g/mol. The van der Waals surface area contributed by atoms with Crippen LogP contribution < -0.4 is 4.72 Å². The van der Waals surface area contributed by atoms with Gasteiger partial charge in [-0.25, -0.2) is 13.2 Å². The lowest BCUT2D eigenvalue weighted by molar-refractivity contribution is 0.0600.